The van der Waals surface area contributed by atoms with E-state index < -0.39 is 10.7 Å². The van der Waals surface area contributed by atoms with Crippen LogP contribution in [0.1, 0.15) is 0 Å². The molecule has 0 aliphatic rings. The van der Waals surface area contributed by atoms with E-state index in [0.717, 1.165) is 6.20 Å². The molecule has 1 aromatic carbocycles. The molecule has 2 aromatic rings. The first-order valence-electron chi connectivity index (χ1n) is 5.75. The summed E-state index contributed by atoms with van der Waals surface area (Å²) in [5, 5.41) is 13.3. The summed E-state index contributed by atoms with van der Waals surface area (Å²) in [4.78, 5) is 17.6. The van der Waals surface area contributed by atoms with Crippen molar-refractivity contribution in [1.82, 2.24) is 9.97 Å². The highest BCUT2D eigenvalue weighted by Crippen LogP contribution is 2.34. The molecule has 0 saturated heterocycles. The second kappa shape index (κ2) is 5.99. The van der Waals surface area contributed by atoms with Crippen molar-refractivity contribution >= 4 is 11.6 Å². The standard InChI is InChI=1S/C12H11FN4O4/c1-14-12-15-6-8(13)11(16-12)21-9-4-3-7(17(18)19)5-10(9)20-2/h3-6H,1-2H3,(H,14,15,16). The largest absolute Gasteiger partial charge is 0.493 e. The first-order chi connectivity index (χ1) is 10.0. The van der Waals surface area contributed by atoms with Crippen LogP contribution in [0.4, 0.5) is 16.0 Å². The predicted molar refractivity (Wildman–Crippen MR) is 71.3 cm³/mol. The Labute approximate surface area is 118 Å². The monoisotopic (exact) mass is 294 g/mol. The maximum Gasteiger partial charge on any atom is 0.273 e. The summed E-state index contributed by atoms with van der Waals surface area (Å²) in [7, 11) is 2.89. The molecule has 0 atom stereocenters. The molecule has 0 unspecified atom stereocenters. The molecule has 0 bridgehead atoms. The van der Waals surface area contributed by atoms with Gasteiger partial charge in [0.05, 0.1) is 24.3 Å². The minimum Gasteiger partial charge on any atom is -0.493 e. The number of nitro groups is 1. The molecule has 110 valence electrons. The summed E-state index contributed by atoms with van der Waals surface area (Å²) in [5.41, 5.74) is -0.168. The number of rotatable bonds is 5. The van der Waals surface area contributed by atoms with Crippen LogP contribution in [0.15, 0.2) is 24.4 Å². The Morgan fingerprint density at radius 1 is 1.38 bits per heavy atom. The highest BCUT2D eigenvalue weighted by Gasteiger charge is 2.16. The number of nitrogens with one attached hydrogen (secondary N) is 1. The summed E-state index contributed by atoms with van der Waals surface area (Å²) in [5.74, 6) is -0.723. The van der Waals surface area contributed by atoms with Crippen molar-refractivity contribution in [3.05, 3.63) is 40.3 Å². The minimum absolute atomic E-state index is 0.0909. The number of non-ortho nitro benzene ring substituents is 1. The number of anilines is 1. The fourth-order valence-electron chi connectivity index (χ4n) is 1.50. The number of halogens is 1. The van der Waals surface area contributed by atoms with Gasteiger partial charge in [0.25, 0.3) is 11.6 Å². The van der Waals surface area contributed by atoms with Crippen LogP contribution >= 0.6 is 0 Å². The lowest BCUT2D eigenvalue weighted by Gasteiger charge is -2.10. The van der Waals surface area contributed by atoms with Gasteiger partial charge in [0.2, 0.25) is 11.8 Å². The van der Waals surface area contributed by atoms with Gasteiger partial charge < -0.3 is 14.8 Å². The van der Waals surface area contributed by atoms with Crippen LogP contribution in [0.5, 0.6) is 17.4 Å². The van der Waals surface area contributed by atoms with Crippen molar-refractivity contribution in [2.75, 3.05) is 19.5 Å². The maximum atomic E-state index is 13.6. The van der Waals surface area contributed by atoms with Gasteiger partial charge in [-0.15, -0.1) is 0 Å². The minimum atomic E-state index is -0.769. The number of benzene rings is 1. The van der Waals surface area contributed by atoms with Crippen molar-refractivity contribution in [1.29, 1.82) is 0 Å². The molecule has 21 heavy (non-hydrogen) atoms. The van der Waals surface area contributed by atoms with Crippen LogP contribution < -0.4 is 14.8 Å². The normalized spacial score (nSPS) is 10.0. The van der Waals surface area contributed by atoms with E-state index in [1.54, 1.807) is 7.05 Å². The lowest BCUT2D eigenvalue weighted by atomic mass is 10.3. The topological polar surface area (TPSA) is 99.4 Å². The first kappa shape index (κ1) is 14.4. The molecule has 0 radical (unpaired) electrons. The third kappa shape index (κ3) is 3.14. The number of nitrogens with zero attached hydrogens (tertiary/aromatic N) is 3. The number of hydrogen-bond donors (Lipinski definition) is 1. The van der Waals surface area contributed by atoms with Crippen LogP contribution in [-0.4, -0.2) is 29.0 Å². The number of hydrogen-bond acceptors (Lipinski definition) is 7. The number of methoxy groups -OCH3 is 1. The number of ether oxygens (including phenoxy) is 2. The van der Waals surface area contributed by atoms with E-state index >= 15 is 0 Å². The van der Waals surface area contributed by atoms with Gasteiger partial charge in [-0.1, -0.05) is 0 Å². The SMILES string of the molecule is CNc1ncc(F)c(Oc2ccc([N+](=O)[O-])cc2OC)n1. The molecule has 0 aliphatic heterocycles. The van der Waals surface area contributed by atoms with Crippen LogP contribution in [-0.2, 0) is 0 Å². The van der Waals surface area contributed by atoms with E-state index in [9.17, 15) is 14.5 Å². The molecule has 2 rings (SSSR count). The van der Waals surface area contributed by atoms with Gasteiger partial charge in [-0.25, -0.2) is 4.98 Å². The molecule has 0 aliphatic carbocycles. The lowest BCUT2D eigenvalue weighted by Crippen LogP contribution is -2.01. The van der Waals surface area contributed by atoms with Crippen molar-refractivity contribution in [3.8, 4) is 17.4 Å². The van der Waals surface area contributed by atoms with Gasteiger partial charge in [0, 0.05) is 13.1 Å². The fourth-order valence-corrected chi connectivity index (χ4v) is 1.50. The first-order valence-corrected chi connectivity index (χ1v) is 5.75. The van der Waals surface area contributed by atoms with Crippen LogP contribution in [0.25, 0.3) is 0 Å². The third-order valence-electron chi connectivity index (χ3n) is 2.50. The lowest BCUT2D eigenvalue weighted by molar-refractivity contribution is -0.384. The Hall–Kier alpha value is -2.97. The molecule has 0 amide bonds. The molecule has 1 aromatic heterocycles. The summed E-state index contributed by atoms with van der Waals surface area (Å²) in [6, 6.07) is 3.70. The van der Waals surface area contributed by atoms with Crippen LogP contribution in [0, 0.1) is 15.9 Å². The van der Waals surface area contributed by atoms with Gasteiger partial charge >= 0.3 is 0 Å². The van der Waals surface area contributed by atoms with Crippen LogP contribution in [0.3, 0.4) is 0 Å². The van der Waals surface area contributed by atoms with Crippen molar-refractivity contribution in [3.63, 3.8) is 0 Å². The van der Waals surface area contributed by atoms with E-state index in [2.05, 4.69) is 15.3 Å². The predicted octanol–water partition coefficient (Wildman–Crippen LogP) is 2.37. The highest BCUT2D eigenvalue weighted by molar-refractivity contribution is 5.49. The van der Waals surface area contributed by atoms with E-state index in [1.807, 2.05) is 0 Å². The Bertz CT molecular complexity index is 680. The Morgan fingerprint density at radius 2 is 2.14 bits per heavy atom. The van der Waals surface area contributed by atoms with E-state index in [-0.39, 0.29) is 29.0 Å². The van der Waals surface area contributed by atoms with Gasteiger partial charge in [-0.05, 0) is 6.07 Å². The van der Waals surface area contributed by atoms with E-state index in [0.29, 0.717) is 0 Å². The van der Waals surface area contributed by atoms with Crippen molar-refractivity contribution in [2.45, 2.75) is 0 Å². The van der Waals surface area contributed by atoms with Gasteiger partial charge in [-0.2, -0.15) is 9.37 Å². The Kier molecular flexibility index (Phi) is 4.12. The van der Waals surface area contributed by atoms with E-state index in [1.165, 1.54) is 25.3 Å². The van der Waals surface area contributed by atoms with Crippen LogP contribution in [0.2, 0.25) is 0 Å². The Morgan fingerprint density at radius 3 is 2.76 bits per heavy atom. The average Bonchev–Trinajstić information content (AvgIpc) is 2.49. The fraction of sp³-hybridized carbons (Fsp3) is 0.167. The zero-order valence-electron chi connectivity index (χ0n) is 11.2. The van der Waals surface area contributed by atoms with Crippen molar-refractivity contribution in [2.24, 2.45) is 0 Å². The molecule has 0 fully saturated rings. The summed E-state index contributed by atoms with van der Waals surface area (Å²) in [6.07, 6.45) is 0.950. The third-order valence-corrected chi connectivity index (χ3v) is 2.50. The van der Waals surface area contributed by atoms with Gasteiger partial charge in [0.15, 0.2) is 11.5 Å². The molecule has 9 heteroatoms. The second-order valence-electron chi connectivity index (χ2n) is 3.79. The van der Waals surface area contributed by atoms with Gasteiger partial charge in [-0.3, -0.25) is 10.1 Å². The van der Waals surface area contributed by atoms with E-state index in [4.69, 9.17) is 9.47 Å². The van der Waals surface area contributed by atoms with Crippen molar-refractivity contribution < 1.29 is 18.8 Å². The quantitative estimate of drug-likeness (QED) is 0.667. The maximum absolute atomic E-state index is 13.6. The molecule has 8 nitrogen and oxygen atoms in total. The smallest absolute Gasteiger partial charge is 0.273 e. The molecule has 0 saturated carbocycles. The molecule has 0 spiro atoms. The zero-order chi connectivity index (χ0) is 15.4. The summed E-state index contributed by atoms with van der Waals surface area (Å²) in [6.45, 7) is 0. The molecular weight excluding hydrogens is 283 g/mol. The summed E-state index contributed by atoms with van der Waals surface area (Å²) < 4.78 is 23.9. The highest BCUT2D eigenvalue weighted by atomic mass is 19.1. The zero-order valence-corrected chi connectivity index (χ0v) is 11.2. The second-order valence-corrected chi connectivity index (χ2v) is 3.79. The average molecular weight is 294 g/mol. The molecular formula is C12H11FN4O4. The molecule has 1 N–H and O–H groups in total. The van der Waals surface area contributed by atoms with Gasteiger partial charge in [0.1, 0.15) is 0 Å². The summed E-state index contributed by atoms with van der Waals surface area (Å²) >= 11 is 0. The Balaban J connectivity index is 2.37. The number of nitro benzene ring substituents is 1. The number of aromatic nitrogens is 2. The molecule has 1 heterocycles.